The van der Waals surface area contributed by atoms with Gasteiger partial charge in [0.25, 0.3) is 0 Å². The van der Waals surface area contributed by atoms with E-state index in [2.05, 4.69) is 5.32 Å². The molecule has 0 radical (unpaired) electrons. The van der Waals surface area contributed by atoms with Gasteiger partial charge in [0, 0.05) is 19.6 Å². The summed E-state index contributed by atoms with van der Waals surface area (Å²) >= 11 is 0. The number of hydrogen-bond acceptors (Lipinski definition) is 4. The lowest BCUT2D eigenvalue weighted by Crippen LogP contribution is -2.47. The summed E-state index contributed by atoms with van der Waals surface area (Å²) in [7, 11) is 0. The zero-order valence-electron chi connectivity index (χ0n) is 10.4. The van der Waals surface area contributed by atoms with Crippen LogP contribution in [0, 0.1) is 5.92 Å². The molecule has 16 heavy (non-hydrogen) atoms. The molecular formula is C11H24N2O3. The molecule has 1 amide bonds. The Morgan fingerprint density at radius 2 is 1.69 bits per heavy atom. The number of carbonyl (C=O) groups is 1. The fourth-order valence-electron chi connectivity index (χ4n) is 1.37. The summed E-state index contributed by atoms with van der Waals surface area (Å²) < 4.78 is 0. The predicted octanol–water partition coefficient (Wildman–Crippen LogP) is -0.566. The zero-order chi connectivity index (χ0) is 12.6. The van der Waals surface area contributed by atoms with Gasteiger partial charge in [0.05, 0.1) is 19.3 Å². The van der Waals surface area contributed by atoms with Gasteiger partial charge in [0.2, 0.25) is 5.91 Å². The van der Waals surface area contributed by atoms with Crippen molar-refractivity contribution in [2.45, 2.75) is 26.8 Å². The van der Waals surface area contributed by atoms with E-state index >= 15 is 0 Å². The largest absolute Gasteiger partial charge is 0.395 e. The van der Waals surface area contributed by atoms with E-state index in [1.165, 1.54) is 0 Å². The molecule has 0 aromatic rings. The van der Waals surface area contributed by atoms with Crippen LogP contribution < -0.4 is 5.32 Å². The number of aliphatic hydroxyl groups is 2. The van der Waals surface area contributed by atoms with Crippen molar-refractivity contribution in [2.75, 3.05) is 32.8 Å². The Kier molecular flexibility index (Phi) is 8.15. The van der Waals surface area contributed by atoms with Gasteiger partial charge in [-0.2, -0.15) is 0 Å². The first-order valence-corrected chi connectivity index (χ1v) is 5.76. The molecule has 5 heteroatoms. The van der Waals surface area contributed by atoms with Gasteiger partial charge in [0.15, 0.2) is 0 Å². The minimum Gasteiger partial charge on any atom is -0.395 e. The molecule has 5 nitrogen and oxygen atoms in total. The number of rotatable bonds is 8. The first-order valence-electron chi connectivity index (χ1n) is 5.76. The van der Waals surface area contributed by atoms with Crippen molar-refractivity contribution < 1.29 is 15.0 Å². The molecule has 0 aliphatic heterocycles. The standard InChI is InChI=1S/C11H24N2O3/c1-9(2)8-12-11(16)10(3)13(4-6-14)5-7-15/h9-10,14-15H,4-8H2,1-3H3,(H,12,16). The lowest BCUT2D eigenvalue weighted by molar-refractivity contribution is -0.126. The number of carbonyl (C=O) groups excluding carboxylic acids is 1. The van der Waals surface area contributed by atoms with Gasteiger partial charge < -0.3 is 15.5 Å². The molecule has 1 unspecified atom stereocenters. The third-order valence-electron chi connectivity index (χ3n) is 2.39. The van der Waals surface area contributed by atoms with Crippen molar-refractivity contribution in [1.29, 1.82) is 0 Å². The fourth-order valence-corrected chi connectivity index (χ4v) is 1.37. The highest BCUT2D eigenvalue weighted by molar-refractivity contribution is 5.81. The molecule has 96 valence electrons. The molecule has 0 spiro atoms. The molecule has 0 aliphatic rings. The summed E-state index contributed by atoms with van der Waals surface area (Å²) in [6.45, 7) is 7.27. The Morgan fingerprint density at radius 3 is 2.06 bits per heavy atom. The lowest BCUT2D eigenvalue weighted by atomic mass is 10.2. The van der Waals surface area contributed by atoms with Gasteiger partial charge >= 0.3 is 0 Å². The Bertz CT molecular complexity index is 192. The predicted molar refractivity (Wildman–Crippen MR) is 63.1 cm³/mol. The Labute approximate surface area is 97.4 Å². The van der Waals surface area contributed by atoms with Crippen LogP contribution in [0.25, 0.3) is 0 Å². The summed E-state index contributed by atoms with van der Waals surface area (Å²) in [4.78, 5) is 13.5. The van der Waals surface area contributed by atoms with E-state index in [1.54, 1.807) is 11.8 Å². The summed E-state index contributed by atoms with van der Waals surface area (Å²) in [6.07, 6.45) is 0. The van der Waals surface area contributed by atoms with E-state index < -0.39 is 0 Å². The van der Waals surface area contributed by atoms with Gasteiger partial charge in [0.1, 0.15) is 0 Å². The maximum absolute atomic E-state index is 11.7. The Hall–Kier alpha value is -0.650. The summed E-state index contributed by atoms with van der Waals surface area (Å²) in [5.74, 6) is 0.357. The minimum absolute atomic E-state index is 0.0121. The molecular weight excluding hydrogens is 208 g/mol. The van der Waals surface area contributed by atoms with E-state index in [0.29, 0.717) is 25.6 Å². The van der Waals surface area contributed by atoms with Crippen LogP contribution in [0.1, 0.15) is 20.8 Å². The van der Waals surface area contributed by atoms with Crippen LogP contribution in [0.2, 0.25) is 0 Å². The number of aliphatic hydroxyl groups excluding tert-OH is 2. The van der Waals surface area contributed by atoms with Crippen molar-refractivity contribution >= 4 is 5.91 Å². The van der Waals surface area contributed by atoms with Crippen LogP contribution in [-0.2, 0) is 4.79 Å². The smallest absolute Gasteiger partial charge is 0.237 e. The molecule has 0 saturated heterocycles. The summed E-state index contributed by atoms with van der Waals surface area (Å²) in [6, 6.07) is -0.321. The molecule has 3 N–H and O–H groups in total. The first kappa shape index (κ1) is 15.3. The van der Waals surface area contributed by atoms with Gasteiger partial charge in [-0.05, 0) is 12.8 Å². The molecule has 0 aliphatic carbocycles. The van der Waals surface area contributed by atoms with Crippen molar-refractivity contribution in [3.63, 3.8) is 0 Å². The van der Waals surface area contributed by atoms with E-state index in [-0.39, 0.29) is 25.2 Å². The van der Waals surface area contributed by atoms with Crippen LogP contribution in [-0.4, -0.2) is 59.9 Å². The van der Waals surface area contributed by atoms with Crippen molar-refractivity contribution in [2.24, 2.45) is 5.92 Å². The zero-order valence-corrected chi connectivity index (χ0v) is 10.4. The average Bonchev–Trinajstić information content (AvgIpc) is 2.24. The number of amides is 1. The highest BCUT2D eigenvalue weighted by atomic mass is 16.3. The number of hydrogen-bond donors (Lipinski definition) is 3. The van der Waals surface area contributed by atoms with Crippen LogP contribution >= 0.6 is 0 Å². The maximum Gasteiger partial charge on any atom is 0.237 e. The monoisotopic (exact) mass is 232 g/mol. The van der Waals surface area contributed by atoms with Crippen LogP contribution in [0.3, 0.4) is 0 Å². The minimum atomic E-state index is -0.321. The van der Waals surface area contributed by atoms with Crippen LogP contribution in [0.15, 0.2) is 0 Å². The molecule has 0 bridgehead atoms. The summed E-state index contributed by atoms with van der Waals surface area (Å²) in [5.41, 5.74) is 0. The highest BCUT2D eigenvalue weighted by Gasteiger charge is 2.20. The quantitative estimate of drug-likeness (QED) is 0.524. The van der Waals surface area contributed by atoms with Crippen LogP contribution in [0.4, 0.5) is 0 Å². The second-order valence-electron chi connectivity index (χ2n) is 4.30. The topological polar surface area (TPSA) is 72.8 Å². The third-order valence-corrected chi connectivity index (χ3v) is 2.39. The normalized spacial score (nSPS) is 13.2. The fraction of sp³-hybridized carbons (Fsp3) is 0.909. The number of nitrogens with one attached hydrogen (secondary N) is 1. The number of nitrogens with zero attached hydrogens (tertiary/aromatic N) is 1. The second-order valence-corrected chi connectivity index (χ2v) is 4.30. The van der Waals surface area contributed by atoms with Gasteiger partial charge in [-0.1, -0.05) is 13.8 Å². The molecule has 0 saturated carbocycles. The van der Waals surface area contributed by atoms with Crippen molar-refractivity contribution in [3.8, 4) is 0 Å². The summed E-state index contributed by atoms with van der Waals surface area (Å²) in [5, 5.41) is 20.5. The Balaban J connectivity index is 4.13. The van der Waals surface area contributed by atoms with Crippen LogP contribution in [0.5, 0.6) is 0 Å². The lowest BCUT2D eigenvalue weighted by Gasteiger charge is -2.26. The van der Waals surface area contributed by atoms with Gasteiger partial charge in [-0.25, -0.2) is 0 Å². The molecule has 1 atom stereocenters. The van der Waals surface area contributed by atoms with Crippen molar-refractivity contribution in [1.82, 2.24) is 10.2 Å². The van der Waals surface area contributed by atoms with E-state index in [9.17, 15) is 4.79 Å². The second kappa shape index (κ2) is 8.50. The van der Waals surface area contributed by atoms with E-state index in [0.717, 1.165) is 0 Å². The molecule has 0 aromatic carbocycles. The van der Waals surface area contributed by atoms with Crippen molar-refractivity contribution in [3.05, 3.63) is 0 Å². The molecule has 0 heterocycles. The average molecular weight is 232 g/mol. The third kappa shape index (κ3) is 6.05. The SMILES string of the molecule is CC(C)CNC(=O)C(C)N(CCO)CCO. The van der Waals surface area contributed by atoms with Gasteiger partial charge in [-0.15, -0.1) is 0 Å². The molecule has 0 fully saturated rings. The van der Waals surface area contributed by atoms with E-state index in [4.69, 9.17) is 10.2 Å². The highest BCUT2D eigenvalue weighted by Crippen LogP contribution is 1.99. The van der Waals surface area contributed by atoms with E-state index in [1.807, 2.05) is 13.8 Å². The molecule has 0 aromatic heterocycles. The Morgan fingerprint density at radius 1 is 1.19 bits per heavy atom. The maximum atomic E-state index is 11.7. The molecule has 0 rings (SSSR count). The first-order chi connectivity index (χ1) is 7.52. The van der Waals surface area contributed by atoms with Gasteiger partial charge in [-0.3, -0.25) is 9.69 Å².